The lowest BCUT2D eigenvalue weighted by Gasteiger charge is -2.34. The van der Waals surface area contributed by atoms with Crippen molar-refractivity contribution in [2.75, 3.05) is 6.54 Å². The average Bonchev–Trinajstić information content (AvgIpc) is 2.95. The first-order valence-corrected chi connectivity index (χ1v) is 9.77. The number of rotatable bonds is 3. The van der Waals surface area contributed by atoms with Crippen LogP contribution >= 0.6 is 11.3 Å². The van der Waals surface area contributed by atoms with Gasteiger partial charge in [-0.1, -0.05) is 13.3 Å². The van der Waals surface area contributed by atoms with E-state index in [-0.39, 0.29) is 16.6 Å². The van der Waals surface area contributed by atoms with Crippen molar-refractivity contribution < 1.29 is 8.42 Å². The maximum absolute atomic E-state index is 13.0. The van der Waals surface area contributed by atoms with Crippen molar-refractivity contribution in [3.8, 4) is 0 Å². The lowest BCUT2D eigenvalue weighted by atomic mass is 10.0. The number of nitrogens with zero attached hydrogens (tertiary/aromatic N) is 3. The van der Waals surface area contributed by atoms with Gasteiger partial charge in [0.25, 0.3) is 15.6 Å². The van der Waals surface area contributed by atoms with Crippen molar-refractivity contribution in [1.29, 1.82) is 0 Å². The minimum absolute atomic E-state index is 0.0271. The summed E-state index contributed by atoms with van der Waals surface area (Å²) in [6.45, 7) is 4.06. The van der Waals surface area contributed by atoms with Crippen LogP contribution in [0.15, 0.2) is 21.3 Å². The molecule has 0 aliphatic carbocycles. The molecule has 0 N–H and O–H groups in total. The third-order valence-electron chi connectivity index (χ3n) is 4.21. The van der Waals surface area contributed by atoms with E-state index in [9.17, 15) is 13.2 Å². The van der Waals surface area contributed by atoms with E-state index in [0.717, 1.165) is 25.7 Å². The minimum Gasteiger partial charge on any atom is -0.267 e. The zero-order valence-corrected chi connectivity index (χ0v) is 14.3. The predicted molar refractivity (Wildman–Crippen MR) is 85.9 cm³/mol. The molecule has 3 rings (SSSR count). The third-order valence-corrected chi connectivity index (χ3v) is 7.05. The summed E-state index contributed by atoms with van der Waals surface area (Å²) in [5.74, 6) is 0. The number of hydrogen-bond donors (Lipinski definition) is 0. The zero-order valence-electron chi connectivity index (χ0n) is 12.7. The Labute approximate surface area is 133 Å². The first kappa shape index (κ1) is 15.6. The van der Waals surface area contributed by atoms with Gasteiger partial charge < -0.3 is 0 Å². The molecule has 120 valence electrons. The van der Waals surface area contributed by atoms with Gasteiger partial charge in [0.15, 0.2) is 9.86 Å². The number of fused-ring (bicyclic) bond motifs is 1. The first-order chi connectivity index (χ1) is 10.5. The molecule has 1 aliphatic heterocycles. The predicted octanol–water partition coefficient (Wildman–Crippen LogP) is 2.02. The van der Waals surface area contributed by atoms with Gasteiger partial charge in [-0.3, -0.25) is 9.20 Å². The highest BCUT2D eigenvalue weighted by Crippen LogP contribution is 2.27. The van der Waals surface area contributed by atoms with Crippen molar-refractivity contribution in [3.63, 3.8) is 0 Å². The molecule has 0 unspecified atom stereocenters. The maximum atomic E-state index is 13.0. The second-order valence-electron chi connectivity index (χ2n) is 5.56. The smallest absolute Gasteiger partial charge is 0.267 e. The largest absolute Gasteiger partial charge is 0.279 e. The van der Waals surface area contributed by atoms with Gasteiger partial charge in [0.1, 0.15) is 0 Å². The van der Waals surface area contributed by atoms with Gasteiger partial charge in [0, 0.05) is 24.2 Å². The SMILES string of the molecule is CC[C@H]1CCCCN1S(=O)(=O)c1c(C)nc2sccn2c1=O. The Balaban J connectivity index is 2.18. The van der Waals surface area contributed by atoms with E-state index in [2.05, 4.69) is 4.98 Å². The van der Waals surface area contributed by atoms with Crippen LogP contribution in [0.3, 0.4) is 0 Å². The minimum atomic E-state index is -3.81. The molecule has 0 spiro atoms. The highest BCUT2D eigenvalue weighted by atomic mass is 32.2. The van der Waals surface area contributed by atoms with E-state index >= 15 is 0 Å². The summed E-state index contributed by atoms with van der Waals surface area (Å²) in [4.78, 5) is 17.2. The summed E-state index contributed by atoms with van der Waals surface area (Å²) in [5.41, 5.74) is -0.211. The molecule has 3 heterocycles. The van der Waals surface area contributed by atoms with Gasteiger partial charge in [-0.15, -0.1) is 11.3 Å². The quantitative estimate of drug-likeness (QED) is 0.856. The molecule has 0 bridgehead atoms. The molecule has 1 atom stereocenters. The van der Waals surface area contributed by atoms with E-state index in [4.69, 9.17) is 0 Å². The second-order valence-corrected chi connectivity index (χ2v) is 8.26. The Morgan fingerprint density at radius 1 is 1.41 bits per heavy atom. The van der Waals surface area contributed by atoms with Crippen LogP contribution in [-0.4, -0.2) is 34.7 Å². The highest BCUT2D eigenvalue weighted by molar-refractivity contribution is 7.89. The van der Waals surface area contributed by atoms with Crippen LogP contribution in [0, 0.1) is 6.92 Å². The van der Waals surface area contributed by atoms with Crippen molar-refractivity contribution in [2.24, 2.45) is 0 Å². The summed E-state index contributed by atoms with van der Waals surface area (Å²) in [7, 11) is -3.81. The van der Waals surface area contributed by atoms with Crippen LogP contribution in [0.25, 0.3) is 4.96 Å². The fourth-order valence-corrected chi connectivity index (χ4v) is 5.82. The molecule has 8 heteroatoms. The third kappa shape index (κ3) is 2.39. The molecular formula is C14H19N3O3S2. The summed E-state index contributed by atoms with van der Waals surface area (Å²) < 4.78 is 28.9. The van der Waals surface area contributed by atoms with Crippen LogP contribution in [0.2, 0.25) is 0 Å². The lowest BCUT2D eigenvalue weighted by Crippen LogP contribution is -2.45. The Kier molecular flexibility index (Phi) is 4.09. The molecule has 6 nitrogen and oxygen atoms in total. The molecule has 0 amide bonds. The number of aryl methyl sites for hydroxylation is 1. The molecule has 1 aliphatic rings. The zero-order chi connectivity index (χ0) is 15.9. The van der Waals surface area contributed by atoms with Crippen LogP contribution in [0.1, 0.15) is 38.3 Å². The van der Waals surface area contributed by atoms with E-state index in [0.29, 0.717) is 11.5 Å². The number of piperidine rings is 1. The number of sulfonamides is 1. The van der Waals surface area contributed by atoms with Gasteiger partial charge in [-0.05, 0) is 26.2 Å². The van der Waals surface area contributed by atoms with Gasteiger partial charge in [-0.2, -0.15) is 4.31 Å². The fraction of sp³-hybridized carbons (Fsp3) is 0.571. The average molecular weight is 341 g/mol. The number of hydrogen-bond acceptors (Lipinski definition) is 5. The summed E-state index contributed by atoms with van der Waals surface area (Å²) in [6.07, 6.45) is 5.05. The van der Waals surface area contributed by atoms with E-state index in [1.165, 1.54) is 20.0 Å². The van der Waals surface area contributed by atoms with Crippen molar-refractivity contribution in [3.05, 3.63) is 27.6 Å². The summed E-state index contributed by atoms with van der Waals surface area (Å²) >= 11 is 1.32. The molecule has 0 radical (unpaired) electrons. The Morgan fingerprint density at radius 3 is 2.91 bits per heavy atom. The van der Waals surface area contributed by atoms with Crippen LogP contribution in [-0.2, 0) is 10.0 Å². The number of aromatic nitrogens is 2. The monoisotopic (exact) mass is 341 g/mol. The van der Waals surface area contributed by atoms with Gasteiger partial charge >= 0.3 is 0 Å². The molecule has 2 aromatic rings. The Bertz CT molecular complexity index is 854. The molecule has 2 aromatic heterocycles. The van der Waals surface area contributed by atoms with Crippen molar-refractivity contribution in [2.45, 2.75) is 50.5 Å². The Morgan fingerprint density at radius 2 is 2.18 bits per heavy atom. The molecule has 0 aromatic carbocycles. The maximum Gasteiger partial charge on any atom is 0.279 e. The van der Waals surface area contributed by atoms with Gasteiger partial charge in [0.05, 0.1) is 5.69 Å². The first-order valence-electron chi connectivity index (χ1n) is 7.45. The fourth-order valence-electron chi connectivity index (χ4n) is 3.08. The number of thiazole rings is 1. The molecule has 0 saturated carbocycles. The van der Waals surface area contributed by atoms with Gasteiger partial charge in [0.2, 0.25) is 0 Å². The van der Waals surface area contributed by atoms with Gasteiger partial charge in [-0.25, -0.2) is 13.4 Å². The highest BCUT2D eigenvalue weighted by Gasteiger charge is 2.36. The van der Waals surface area contributed by atoms with Crippen molar-refractivity contribution >= 4 is 26.3 Å². The lowest BCUT2D eigenvalue weighted by molar-refractivity contribution is 0.246. The summed E-state index contributed by atoms with van der Waals surface area (Å²) in [6, 6.07) is -0.0271. The Hall–Kier alpha value is -1.25. The molecular weight excluding hydrogens is 322 g/mol. The van der Waals surface area contributed by atoms with Crippen LogP contribution in [0.4, 0.5) is 0 Å². The molecule has 1 saturated heterocycles. The van der Waals surface area contributed by atoms with E-state index in [1.54, 1.807) is 18.5 Å². The topological polar surface area (TPSA) is 71.8 Å². The second kappa shape index (κ2) is 5.75. The van der Waals surface area contributed by atoms with E-state index in [1.807, 2.05) is 6.92 Å². The van der Waals surface area contributed by atoms with E-state index < -0.39 is 15.6 Å². The standard InChI is InChI=1S/C14H19N3O3S2/c1-3-11-6-4-5-7-17(11)22(19,20)12-10(2)15-14-16(13(12)18)8-9-21-14/h8-9,11H,3-7H2,1-2H3/t11-/m0/s1. The van der Waals surface area contributed by atoms with Crippen molar-refractivity contribution in [1.82, 2.24) is 13.7 Å². The normalized spacial score (nSPS) is 20.5. The molecule has 22 heavy (non-hydrogen) atoms. The van der Waals surface area contributed by atoms with Crippen LogP contribution in [0.5, 0.6) is 0 Å². The van der Waals surface area contributed by atoms with Crippen LogP contribution < -0.4 is 5.56 Å². The molecule has 1 fully saturated rings. The summed E-state index contributed by atoms with van der Waals surface area (Å²) in [5, 5.41) is 1.73.